The lowest BCUT2D eigenvalue weighted by molar-refractivity contribution is -0.384. The number of nitro groups is 1. The van der Waals surface area contributed by atoms with Crippen LogP contribution in [0, 0.1) is 33.8 Å². The van der Waals surface area contributed by atoms with Crippen molar-refractivity contribution >= 4 is 34.8 Å². The Bertz CT molecular complexity index is 1160. The molecule has 1 saturated heterocycles. The van der Waals surface area contributed by atoms with E-state index in [1.165, 1.54) is 42.3 Å². The molecule has 1 aliphatic heterocycles. The zero-order chi connectivity index (χ0) is 22.6. The normalized spacial score (nSPS) is 25.2. The van der Waals surface area contributed by atoms with Crippen molar-refractivity contribution in [1.82, 2.24) is 0 Å². The van der Waals surface area contributed by atoms with E-state index < -0.39 is 10.8 Å². The molecule has 32 heavy (non-hydrogen) atoms. The molecule has 0 spiro atoms. The van der Waals surface area contributed by atoms with Gasteiger partial charge in [0, 0.05) is 11.6 Å². The van der Waals surface area contributed by atoms with Crippen LogP contribution in [0.3, 0.4) is 0 Å². The number of nitrogens with zero attached hydrogens (tertiary/aromatic N) is 2. The quantitative estimate of drug-likeness (QED) is 0.335. The fourth-order valence-corrected chi connectivity index (χ4v) is 5.01. The summed E-state index contributed by atoms with van der Waals surface area (Å²) in [7, 11) is 1.35. The number of methoxy groups -OCH3 is 1. The number of allylic oxidation sites excluding steroid dienone is 2. The monoisotopic (exact) mass is 433 g/mol. The molecule has 1 N–H and O–H groups in total. The lowest BCUT2D eigenvalue weighted by Crippen LogP contribution is -2.32. The molecule has 2 bridgehead atoms. The predicted octanol–water partition coefficient (Wildman–Crippen LogP) is 3.17. The van der Waals surface area contributed by atoms with Gasteiger partial charge in [-0.05, 0) is 48.6 Å². The Labute approximate surface area is 182 Å². The molecule has 9 nitrogen and oxygen atoms in total. The van der Waals surface area contributed by atoms with Crippen LogP contribution in [0.4, 0.5) is 17.1 Å². The molecule has 1 saturated carbocycles. The Hall–Kier alpha value is -4.01. The molecule has 0 aromatic heterocycles. The number of nitro benzene ring substituents is 1. The van der Waals surface area contributed by atoms with E-state index in [1.807, 2.05) is 12.2 Å². The molecular formula is C23H19N3O6. The molecule has 2 aliphatic carbocycles. The summed E-state index contributed by atoms with van der Waals surface area (Å²) in [6.45, 7) is 0. The molecule has 9 heteroatoms. The molecule has 2 aromatic rings. The fourth-order valence-electron chi connectivity index (χ4n) is 5.01. The number of carbonyl (C=O) groups excluding carboxylic acids is 3. The first-order valence-corrected chi connectivity index (χ1v) is 10.2. The summed E-state index contributed by atoms with van der Waals surface area (Å²) in [6.07, 6.45) is 4.95. The summed E-state index contributed by atoms with van der Waals surface area (Å²) in [4.78, 5) is 50.1. The molecule has 2 aromatic carbocycles. The molecule has 4 unspecified atom stereocenters. The van der Waals surface area contributed by atoms with Gasteiger partial charge < -0.3 is 10.1 Å². The van der Waals surface area contributed by atoms with Crippen LogP contribution in [0.2, 0.25) is 0 Å². The smallest absolute Gasteiger partial charge is 0.273 e. The average Bonchev–Trinajstić information content (AvgIpc) is 3.47. The van der Waals surface area contributed by atoms with Gasteiger partial charge in [0.05, 0.1) is 41.3 Å². The highest BCUT2D eigenvalue weighted by atomic mass is 16.6. The van der Waals surface area contributed by atoms with Gasteiger partial charge >= 0.3 is 0 Å². The Morgan fingerprint density at radius 3 is 2.25 bits per heavy atom. The highest BCUT2D eigenvalue weighted by Gasteiger charge is 2.59. The SMILES string of the molecule is COc1cc([N+](=O)[O-])ccc1NC(=O)c1ccc(N2C(=O)C3C4C=CC(C4)C3C2=O)cc1. The van der Waals surface area contributed by atoms with Gasteiger partial charge in [0.25, 0.3) is 11.6 Å². The van der Waals surface area contributed by atoms with Crippen LogP contribution in [0.5, 0.6) is 5.75 Å². The van der Waals surface area contributed by atoms with Crippen molar-refractivity contribution in [1.29, 1.82) is 0 Å². The van der Waals surface area contributed by atoms with Crippen LogP contribution in [-0.2, 0) is 9.59 Å². The zero-order valence-electron chi connectivity index (χ0n) is 17.1. The van der Waals surface area contributed by atoms with Gasteiger partial charge in [-0.3, -0.25) is 29.4 Å². The molecular weight excluding hydrogens is 414 g/mol. The minimum Gasteiger partial charge on any atom is -0.494 e. The number of amides is 3. The highest BCUT2D eigenvalue weighted by Crippen LogP contribution is 2.53. The molecule has 3 aliphatic rings. The lowest BCUT2D eigenvalue weighted by Gasteiger charge is -2.17. The third kappa shape index (κ3) is 2.96. The number of benzene rings is 2. The summed E-state index contributed by atoms with van der Waals surface area (Å²) < 4.78 is 5.14. The standard InChI is InChI=1S/C23H19N3O6/c1-32-18-11-16(26(30)31)8-9-17(18)24-21(27)12-4-6-15(7-5-12)25-22(28)19-13-2-3-14(10-13)20(19)23(25)29/h2-9,11,13-14,19-20H,10H2,1H3,(H,24,27). The third-order valence-corrected chi connectivity index (χ3v) is 6.50. The van der Waals surface area contributed by atoms with Crippen molar-refractivity contribution in [2.24, 2.45) is 23.7 Å². The maximum Gasteiger partial charge on any atom is 0.273 e. The van der Waals surface area contributed by atoms with Crippen molar-refractivity contribution in [2.45, 2.75) is 6.42 Å². The topological polar surface area (TPSA) is 119 Å². The lowest BCUT2D eigenvalue weighted by atomic mass is 9.85. The summed E-state index contributed by atoms with van der Waals surface area (Å²) in [5.74, 6) is -0.949. The van der Waals surface area contributed by atoms with Crippen molar-refractivity contribution in [3.8, 4) is 5.75 Å². The first kappa shape index (κ1) is 19.9. The Balaban J connectivity index is 1.33. The zero-order valence-corrected chi connectivity index (χ0v) is 17.1. The Morgan fingerprint density at radius 1 is 1.06 bits per heavy atom. The van der Waals surface area contributed by atoms with Gasteiger partial charge in [-0.2, -0.15) is 0 Å². The number of hydrogen-bond acceptors (Lipinski definition) is 6. The van der Waals surface area contributed by atoms with Crippen LogP contribution in [0.1, 0.15) is 16.8 Å². The van der Waals surface area contributed by atoms with Crippen molar-refractivity contribution in [2.75, 3.05) is 17.3 Å². The predicted molar refractivity (Wildman–Crippen MR) is 114 cm³/mol. The number of imide groups is 1. The van der Waals surface area contributed by atoms with Crippen LogP contribution < -0.4 is 15.0 Å². The summed E-state index contributed by atoms with van der Waals surface area (Å²) >= 11 is 0. The number of nitrogens with one attached hydrogen (secondary N) is 1. The maximum absolute atomic E-state index is 12.9. The van der Waals surface area contributed by atoms with E-state index in [1.54, 1.807) is 12.1 Å². The van der Waals surface area contributed by atoms with Crippen molar-refractivity contribution in [3.05, 3.63) is 70.3 Å². The third-order valence-electron chi connectivity index (χ3n) is 6.50. The highest BCUT2D eigenvalue weighted by molar-refractivity contribution is 6.23. The summed E-state index contributed by atoms with van der Waals surface area (Å²) in [5.41, 5.74) is 0.874. The van der Waals surface area contributed by atoms with E-state index in [9.17, 15) is 24.5 Å². The number of hydrogen-bond donors (Lipinski definition) is 1. The average molecular weight is 433 g/mol. The molecule has 4 atom stereocenters. The molecule has 5 rings (SSSR count). The van der Waals surface area contributed by atoms with E-state index in [0.717, 1.165) is 6.42 Å². The molecule has 2 fully saturated rings. The van der Waals surface area contributed by atoms with E-state index in [4.69, 9.17) is 4.74 Å². The largest absolute Gasteiger partial charge is 0.494 e. The minimum atomic E-state index is -0.552. The molecule has 1 heterocycles. The van der Waals surface area contributed by atoms with Crippen LogP contribution in [-0.4, -0.2) is 29.8 Å². The number of non-ortho nitro benzene ring substituents is 1. The Morgan fingerprint density at radius 2 is 1.69 bits per heavy atom. The van der Waals surface area contributed by atoms with Gasteiger partial charge in [0.1, 0.15) is 5.75 Å². The number of ether oxygens (including phenoxy) is 1. The second-order valence-corrected chi connectivity index (χ2v) is 8.15. The number of rotatable bonds is 5. The van der Waals surface area contributed by atoms with Gasteiger partial charge in [-0.25, -0.2) is 0 Å². The van der Waals surface area contributed by atoms with E-state index in [0.29, 0.717) is 11.3 Å². The second-order valence-electron chi connectivity index (χ2n) is 8.15. The van der Waals surface area contributed by atoms with Gasteiger partial charge in [-0.1, -0.05) is 12.2 Å². The number of anilines is 2. The molecule has 162 valence electrons. The first-order valence-electron chi connectivity index (χ1n) is 10.2. The first-order chi connectivity index (χ1) is 15.4. The van der Waals surface area contributed by atoms with Gasteiger partial charge in [0.15, 0.2) is 0 Å². The van der Waals surface area contributed by atoms with E-state index in [2.05, 4.69) is 5.32 Å². The molecule has 3 amide bonds. The van der Waals surface area contributed by atoms with Crippen LogP contribution in [0.25, 0.3) is 0 Å². The Kier molecular flexibility index (Phi) is 4.54. The second kappa shape index (κ2) is 7.30. The van der Waals surface area contributed by atoms with E-state index in [-0.39, 0.29) is 52.6 Å². The van der Waals surface area contributed by atoms with Crippen LogP contribution >= 0.6 is 0 Å². The number of fused-ring (bicyclic) bond motifs is 5. The fraction of sp³-hybridized carbons (Fsp3) is 0.261. The maximum atomic E-state index is 12.9. The van der Waals surface area contributed by atoms with E-state index >= 15 is 0 Å². The van der Waals surface area contributed by atoms with Crippen LogP contribution in [0.15, 0.2) is 54.6 Å². The summed E-state index contributed by atoms with van der Waals surface area (Å²) in [5, 5.41) is 13.6. The van der Waals surface area contributed by atoms with Crippen molar-refractivity contribution < 1.29 is 24.0 Å². The number of carbonyl (C=O) groups is 3. The summed E-state index contributed by atoms with van der Waals surface area (Å²) in [6, 6.07) is 10.1. The van der Waals surface area contributed by atoms with Gasteiger partial charge in [-0.15, -0.1) is 0 Å². The van der Waals surface area contributed by atoms with Crippen molar-refractivity contribution in [3.63, 3.8) is 0 Å². The van der Waals surface area contributed by atoms with Gasteiger partial charge in [0.2, 0.25) is 11.8 Å². The molecule has 0 radical (unpaired) electrons. The minimum absolute atomic E-state index is 0.133.